The number of piperidine rings is 1. The summed E-state index contributed by atoms with van der Waals surface area (Å²) in [6.45, 7) is 5.96. The van der Waals surface area contributed by atoms with Crippen LogP contribution in [-0.4, -0.2) is 38.7 Å². The van der Waals surface area contributed by atoms with Crippen molar-refractivity contribution in [1.29, 1.82) is 0 Å². The van der Waals surface area contributed by atoms with E-state index in [9.17, 15) is 4.79 Å². The third-order valence-corrected chi connectivity index (χ3v) is 6.76. The van der Waals surface area contributed by atoms with Gasteiger partial charge in [0.2, 0.25) is 5.91 Å². The number of fused-ring (bicyclic) bond motifs is 1. The Morgan fingerprint density at radius 1 is 1.00 bits per heavy atom. The maximum absolute atomic E-state index is 13.1. The van der Waals surface area contributed by atoms with Crippen LogP contribution >= 0.6 is 0 Å². The van der Waals surface area contributed by atoms with Crippen LogP contribution in [0.3, 0.4) is 0 Å². The summed E-state index contributed by atoms with van der Waals surface area (Å²) in [6, 6.07) is 21.1. The second kappa shape index (κ2) is 9.18. The quantitative estimate of drug-likeness (QED) is 0.431. The second-order valence-electron chi connectivity index (χ2n) is 9.18. The zero-order chi connectivity index (χ0) is 22.8. The molecule has 0 radical (unpaired) electrons. The Labute approximate surface area is 195 Å². The van der Waals surface area contributed by atoms with E-state index in [2.05, 4.69) is 66.5 Å². The van der Waals surface area contributed by atoms with E-state index in [1.54, 1.807) is 4.68 Å². The van der Waals surface area contributed by atoms with Crippen molar-refractivity contribution >= 4 is 16.9 Å². The first-order chi connectivity index (χ1) is 16.1. The zero-order valence-electron chi connectivity index (χ0n) is 19.4. The summed E-state index contributed by atoms with van der Waals surface area (Å²) in [5.41, 5.74) is 6.55. The van der Waals surface area contributed by atoms with Gasteiger partial charge in [0.1, 0.15) is 6.54 Å². The number of amides is 1. The molecule has 0 saturated carbocycles. The smallest absolute Gasteiger partial charge is 0.244 e. The summed E-state index contributed by atoms with van der Waals surface area (Å²) in [4.78, 5) is 19.7. The number of rotatable bonds is 5. The first kappa shape index (κ1) is 21.4. The molecule has 0 N–H and O–H groups in total. The molecule has 0 spiro atoms. The lowest BCUT2D eigenvalue weighted by molar-refractivity contribution is -0.133. The molecule has 5 rings (SSSR count). The molecule has 5 heteroatoms. The van der Waals surface area contributed by atoms with Gasteiger partial charge in [-0.2, -0.15) is 5.10 Å². The monoisotopic (exact) mass is 438 g/mol. The maximum Gasteiger partial charge on any atom is 0.244 e. The fourth-order valence-corrected chi connectivity index (χ4v) is 5.01. The van der Waals surface area contributed by atoms with Crippen LogP contribution in [0.5, 0.6) is 0 Å². The number of nitrogens with zero attached hydrogens (tertiary/aromatic N) is 4. The molecular formula is C28H30N4O. The van der Waals surface area contributed by atoms with E-state index in [1.807, 2.05) is 24.1 Å². The number of carbonyl (C=O) groups excluding carboxylic acids is 1. The standard InChI is InChI=1S/C28H30N4O/c1-20-7-6-10-24(17-20)25-11-14-29-28-27(25)21(2)30-32(28)19-26(33)31-15-12-23(13-16-31)18-22-8-4-3-5-9-22/h3-11,14,17,23H,12-13,15-16,18-19H2,1-2H3. The average molecular weight is 439 g/mol. The molecule has 1 aliphatic rings. The van der Waals surface area contributed by atoms with Crippen LogP contribution in [0.15, 0.2) is 66.9 Å². The van der Waals surface area contributed by atoms with E-state index in [-0.39, 0.29) is 12.5 Å². The number of pyridine rings is 1. The lowest BCUT2D eigenvalue weighted by atomic mass is 9.90. The highest BCUT2D eigenvalue weighted by atomic mass is 16.2. The molecule has 33 heavy (non-hydrogen) atoms. The largest absolute Gasteiger partial charge is 0.341 e. The van der Waals surface area contributed by atoms with Gasteiger partial charge >= 0.3 is 0 Å². The molecule has 0 atom stereocenters. The predicted molar refractivity (Wildman–Crippen MR) is 132 cm³/mol. The second-order valence-corrected chi connectivity index (χ2v) is 9.18. The zero-order valence-corrected chi connectivity index (χ0v) is 19.4. The number of aromatic nitrogens is 3. The molecule has 0 aliphatic carbocycles. The van der Waals surface area contributed by atoms with Crippen LogP contribution in [0.2, 0.25) is 0 Å². The minimum absolute atomic E-state index is 0.125. The van der Waals surface area contributed by atoms with E-state index in [1.165, 1.54) is 11.1 Å². The molecule has 0 unspecified atom stereocenters. The molecule has 3 heterocycles. The molecular weight excluding hydrogens is 408 g/mol. The van der Waals surface area contributed by atoms with Gasteiger partial charge in [0, 0.05) is 24.7 Å². The van der Waals surface area contributed by atoms with Crippen LogP contribution < -0.4 is 0 Å². The van der Waals surface area contributed by atoms with Crippen LogP contribution in [0.1, 0.15) is 29.7 Å². The topological polar surface area (TPSA) is 51.0 Å². The minimum atomic E-state index is 0.125. The van der Waals surface area contributed by atoms with Crippen molar-refractivity contribution in [3.63, 3.8) is 0 Å². The highest BCUT2D eigenvalue weighted by molar-refractivity contribution is 5.95. The van der Waals surface area contributed by atoms with Gasteiger partial charge in [-0.05, 0) is 61.8 Å². The Balaban J connectivity index is 1.30. The number of hydrogen-bond acceptors (Lipinski definition) is 3. The van der Waals surface area contributed by atoms with Gasteiger partial charge in [-0.25, -0.2) is 9.67 Å². The Kier molecular flexibility index (Phi) is 5.95. The summed E-state index contributed by atoms with van der Waals surface area (Å²) < 4.78 is 1.78. The van der Waals surface area contributed by atoms with E-state index in [4.69, 9.17) is 5.10 Å². The average Bonchev–Trinajstić information content (AvgIpc) is 3.15. The van der Waals surface area contributed by atoms with E-state index in [0.717, 1.165) is 60.2 Å². The van der Waals surface area contributed by atoms with Gasteiger partial charge in [0.15, 0.2) is 5.65 Å². The number of hydrogen-bond donors (Lipinski definition) is 0. The molecule has 2 aromatic carbocycles. The number of carbonyl (C=O) groups is 1. The summed E-state index contributed by atoms with van der Waals surface area (Å²) in [7, 11) is 0. The van der Waals surface area contributed by atoms with Crippen molar-refractivity contribution in [3.8, 4) is 11.1 Å². The summed E-state index contributed by atoms with van der Waals surface area (Å²) in [5, 5.41) is 5.74. The Morgan fingerprint density at radius 3 is 2.55 bits per heavy atom. The van der Waals surface area contributed by atoms with Crippen LogP contribution in [-0.2, 0) is 17.8 Å². The first-order valence-electron chi connectivity index (χ1n) is 11.8. The Hall–Kier alpha value is -3.47. The molecule has 1 amide bonds. The molecule has 4 aromatic rings. The lowest BCUT2D eigenvalue weighted by Gasteiger charge is -2.32. The van der Waals surface area contributed by atoms with E-state index in [0.29, 0.717) is 5.92 Å². The summed E-state index contributed by atoms with van der Waals surface area (Å²) in [5.74, 6) is 0.767. The van der Waals surface area contributed by atoms with Crippen LogP contribution in [0.4, 0.5) is 0 Å². The van der Waals surface area contributed by atoms with Gasteiger partial charge in [0.05, 0.1) is 5.69 Å². The van der Waals surface area contributed by atoms with E-state index < -0.39 is 0 Å². The lowest BCUT2D eigenvalue weighted by Crippen LogP contribution is -2.40. The Morgan fingerprint density at radius 2 is 1.79 bits per heavy atom. The molecule has 168 valence electrons. The molecule has 0 bridgehead atoms. The third kappa shape index (κ3) is 4.54. The molecule has 5 nitrogen and oxygen atoms in total. The minimum Gasteiger partial charge on any atom is -0.341 e. The fourth-order valence-electron chi connectivity index (χ4n) is 5.01. The fraction of sp³-hybridized carbons (Fsp3) is 0.321. The van der Waals surface area contributed by atoms with Gasteiger partial charge in [-0.15, -0.1) is 0 Å². The maximum atomic E-state index is 13.1. The van der Waals surface area contributed by atoms with Gasteiger partial charge in [-0.1, -0.05) is 60.2 Å². The third-order valence-electron chi connectivity index (χ3n) is 6.76. The number of benzene rings is 2. The first-order valence-corrected chi connectivity index (χ1v) is 11.8. The summed E-state index contributed by atoms with van der Waals surface area (Å²) in [6.07, 6.45) is 5.01. The molecule has 1 fully saturated rings. The van der Waals surface area contributed by atoms with Crippen LogP contribution in [0.25, 0.3) is 22.2 Å². The van der Waals surface area contributed by atoms with Gasteiger partial charge < -0.3 is 4.90 Å². The Bertz CT molecular complexity index is 1270. The van der Waals surface area contributed by atoms with Crippen molar-refractivity contribution in [3.05, 3.63) is 83.7 Å². The normalized spacial score (nSPS) is 14.7. The van der Waals surface area contributed by atoms with Gasteiger partial charge in [-0.3, -0.25) is 4.79 Å². The SMILES string of the molecule is Cc1cccc(-c2ccnc3c2c(C)nn3CC(=O)N2CCC(Cc3ccccc3)CC2)c1. The van der Waals surface area contributed by atoms with Crippen LogP contribution in [0, 0.1) is 19.8 Å². The summed E-state index contributed by atoms with van der Waals surface area (Å²) >= 11 is 0. The molecule has 1 aliphatic heterocycles. The van der Waals surface area contributed by atoms with Gasteiger partial charge in [0.25, 0.3) is 0 Å². The van der Waals surface area contributed by atoms with Crippen molar-refractivity contribution in [1.82, 2.24) is 19.7 Å². The molecule has 1 saturated heterocycles. The molecule has 2 aromatic heterocycles. The van der Waals surface area contributed by atoms with Crippen molar-refractivity contribution < 1.29 is 4.79 Å². The van der Waals surface area contributed by atoms with Crippen molar-refractivity contribution in [2.45, 2.75) is 39.7 Å². The number of likely N-dealkylation sites (tertiary alicyclic amines) is 1. The van der Waals surface area contributed by atoms with Crippen molar-refractivity contribution in [2.75, 3.05) is 13.1 Å². The number of aryl methyl sites for hydroxylation is 2. The highest BCUT2D eigenvalue weighted by Gasteiger charge is 2.24. The highest BCUT2D eigenvalue weighted by Crippen LogP contribution is 2.30. The predicted octanol–water partition coefficient (Wildman–Crippen LogP) is 5.20. The van der Waals surface area contributed by atoms with E-state index >= 15 is 0 Å². The van der Waals surface area contributed by atoms with Crippen molar-refractivity contribution in [2.24, 2.45) is 5.92 Å².